The lowest BCUT2D eigenvalue weighted by molar-refractivity contribution is -0.111. The summed E-state index contributed by atoms with van der Waals surface area (Å²) < 4.78 is 0. The highest BCUT2D eigenvalue weighted by atomic mass is 16.2. The SMILES string of the molecule is CN(C)C/C=C/C(=O)Nc1cccc(C(=O)NCc2ccc(Nc3ccc(-c4ccc(C(=O)N(C)C)cc4)cn3)cn2)c1. The molecule has 10 nitrogen and oxygen atoms in total. The summed E-state index contributed by atoms with van der Waals surface area (Å²) in [4.78, 5) is 49.3. The zero-order valence-electron chi connectivity index (χ0n) is 24.7. The number of nitrogens with zero attached hydrogens (tertiary/aromatic N) is 4. The molecule has 0 aliphatic carbocycles. The van der Waals surface area contributed by atoms with Gasteiger partial charge in [-0.3, -0.25) is 19.4 Å². The number of carbonyl (C=O) groups excluding carboxylic acids is 3. The fourth-order valence-electron chi connectivity index (χ4n) is 4.02. The van der Waals surface area contributed by atoms with Crippen LogP contribution >= 0.6 is 0 Å². The van der Waals surface area contributed by atoms with Crippen molar-refractivity contribution in [3.05, 3.63) is 114 Å². The number of benzene rings is 2. The number of likely N-dealkylation sites (N-methyl/N-ethyl adjacent to an activating group) is 1. The number of hydrogen-bond donors (Lipinski definition) is 3. The van der Waals surface area contributed by atoms with Gasteiger partial charge in [-0.25, -0.2) is 4.98 Å². The van der Waals surface area contributed by atoms with Crippen molar-refractivity contribution in [3.8, 4) is 11.1 Å². The standard InChI is InChI=1S/C33H35N7O3/c1-39(2)18-6-9-31(41)38-27-8-5-7-25(19-27)32(42)36-21-28-15-16-29(22-34-28)37-30-17-14-26(20-35-30)23-10-12-24(13-11-23)33(43)40(3)4/h5-17,19-20,22H,18,21H2,1-4H3,(H,35,37)(H,36,42)(H,38,41)/b9-6+. The minimum Gasteiger partial charge on any atom is -0.346 e. The van der Waals surface area contributed by atoms with E-state index in [0.717, 1.165) is 16.8 Å². The molecular formula is C33H35N7O3. The van der Waals surface area contributed by atoms with Gasteiger partial charge in [0, 0.05) is 55.3 Å². The Morgan fingerprint density at radius 3 is 2.21 bits per heavy atom. The monoisotopic (exact) mass is 577 g/mol. The molecule has 0 unspecified atom stereocenters. The number of rotatable bonds is 11. The van der Waals surface area contributed by atoms with Crippen molar-refractivity contribution in [2.45, 2.75) is 6.54 Å². The van der Waals surface area contributed by atoms with Crippen molar-refractivity contribution in [2.24, 2.45) is 0 Å². The summed E-state index contributed by atoms with van der Waals surface area (Å²) in [5.41, 5.74) is 4.95. The lowest BCUT2D eigenvalue weighted by Crippen LogP contribution is -2.23. The summed E-state index contributed by atoms with van der Waals surface area (Å²) in [5, 5.41) is 8.86. The molecule has 0 atom stereocenters. The summed E-state index contributed by atoms with van der Waals surface area (Å²) in [6.07, 6.45) is 6.69. The van der Waals surface area contributed by atoms with E-state index < -0.39 is 0 Å². The third-order valence-electron chi connectivity index (χ3n) is 6.29. The third kappa shape index (κ3) is 9.07. The number of pyridine rings is 2. The van der Waals surface area contributed by atoms with Crippen LogP contribution < -0.4 is 16.0 Å². The number of amides is 3. The van der Waals surface area contributed by atoms with Crippen LogP contribution in [-0.4, -0.2) is 72.2 Å². The van der Waals surface area contributed by atoms with Gasteiger partial charge in [-0.1, -0.05) is 24.3 Å². The van der Waals surface area contributed by atoms with Gasteiger partial charge in [0.05, 0.1) is 24.1 Å². The maximum absolute atomic E-state index is 12.7. The predicted octanol–water partition coefficient (Wildman–Crippen LogP) is 4.58. The van der Waals surface area contributed by atoms with Crippen molar-refractivity contribution in [1.29, 1.82) is 0 Å². The fraction of sp³-hybridized carbons (Fsp3) is 0.182. The average molecular weight is 578 g/mol. The van der Waals surface area contributed by atoms with Gasteiger partial charge < -0.3 is 25.8 Å². The van der Waals surface area contributed by atoms with Crippen molar-refractivity contribution >= 4 is 34.9 Å². The maximum atomic E-state index is 12.7. The second-order valence-electron chi connectivity index (χ2n) is 10.3. The Morgan fingerprint density at radius 2 is 1.56 bits per heavy atom. The Labute approximate surface area is 251 Å². The van der Waals surface area contributed by atoms with E-state index in [1.54, 1.807) is 61.7 Å². The summed E-state index contributed by atoms with van der Waals surface area (Å²) in [7, 11) is 7.30. The number of hydrogen-bond acceptors (Lipinski definition) is 7. The molecule has 2 aromatic heterocycles. The molecule has 10 heteroatoms. The van der Waals surface area contributed by atoms with E-state index in [2.05, 4.69) is 25.9 Å². The molecule has 220 valence electrons. The minimum absolute atomic E-state index is 0.0390. The third-order valence-corrected chi connectivity index (χ3v) is 6.29. The molecule has 3 N–H and O–H groups in total. The molecule has 43 heavy (non-hydrogen) atoms. The van der Waals surface area contributed by atoms with Gasteiger partial charge in [-0.15, -0.1) is 0 Å². The normalized spacial score (nSPS) is 10.9. The lowest BCUT2D eigenvalue weighted by atomic mass is 10.1. The Hall–Kier alpha value is -5.35. The largest absolute Gasteiger partial charge is 0.346 e. The molecule has 0 radical (unpaired) electrons. The van der Waals surface area contributed by atoms with E-state index in [-0.39, 0.29) is 24.3 Å². The maximum Gasteiger partial charge on any atom is 0.253 e. The first-order valence-corrected chi connectivity index (χ1v) is 13.7. The molecule has 4 rings (SSSR count). The van der Waals surface area contributed by atoms with E-state index >= 15 is 0 Å². The number of carbonyl (C=O) groups is 3. The van der Waals surface area contributed by atoms with Gasteiger partial charge >= 0.3 is 0 Å². The zero-order chi connectivity index (χ0) is 30.8. The first-order valence-electron chi connectivity index (χ1n) is 13.7. The van der Waals surface area contributed by atoms with Crippen LogP contribution in [0, 0.1) is 0 Å². The van der Waals surface area contributed by atoms with Gasteiger partial charge in [0.1, 0.15) is 5.82 Å². The highest BCUT2D eigenvalue weighted by Gasteiger charge is 2.10. The van der Waals surface area contributed by atoms with Crippen molar-refractivity contribution in [3.63, 3.8) is 0 Å². The van der Waals surface area contributed by atoms with Crippen molar-refractivity contribution in [1.82, 2.24) is 25.1 Å². The van der Waals surface area contributed by atoms with Gasteiger partial charge in [0.15, 0.2) is 0 Å². The van der Waals surface area contributed by atoms with E-state index in [0.29, 0.717) is 34.9 Å². The van der Waals surface area contributed by atoms with Crippen LogP contribution in [-0.2, 0) is 11.3 Å². The molecule has 0 saturated carbocycles. The Kier molecular flexibility index (Phi) is 10.3. The first kappa shape index (κ1) is 30.6. The molecule has 0 spiro atoms. The highest BCUT2D eigenvalue weighted by molar-refractivity contribution is 6.01. The van der Waals surface area contributed by atoms with E-state index in [9.17, 15) is 14.4 Å². The van der Waals surface area contributed by atoms with Crippen LogP contribution in [0.15, 0.2) is 97.3 Å². The van der Waals surface area contributed by atoms with Crippen LogP contribution in [0.2, 0.25) is 0 Å². The minimum atomic E-state index is -0.272. The van der Waals surface area contributed by atoms with Gasteiger partial charge in [-0.05, 0) is 74.3 Å². The van der Waals surface area contributed by atoms with Crippen LogP contribution in [0.25, 0.3) is 11.1 Å². The quantitative estimate of drug-likeness (QED) is 0.223. The molecule has 0 saturated heterocycles. The van der Waals surface area contributed by atoms with Crippen LogP contribution in [0.5, 0.6) is 0 Å². The molecule has 2 aromatic carbocycles. The van der Waals surface area contributed by atoms with Crippen LogP contribution in [0.1, 0.15) is 26.4 Å². The number of anilines is 3. The zero-order valence-corrected chi connectivity index (χ0v) is 24.7. The average Bonchev–Trinajstić information content (AvgIpc) is 3.00. The molecule has 0 aliphatic heterocycles. The summed E-state index contributed by atoms with van der Waals surface area (Å²) >= 11 is 0. The fourth-order valence-corrected chi connectivity index (χ4v) is 4.02. The van der Waals surface area contributed by atoms with Gasteiger partial charge in [-0.2, -0.15) is 0 Å². The molecule has 0 aliphatic rings. The highest BCUT2D eigenvalue weighted by Crippen LogP contribution is 2.22. The first-order chi connectivity index (χ1) is 20.7. The molecule has 4 aromatic rings. The summed E-state index contributed by atoms with van der Waals surface area (Å²) in [6, 6.07) is 21.7. The van der Waals surface area contributed by atoms with Crippen LogP contribution in [0.3, 0.4) is 0 Å². The number of aromatic nitrogens is 2. The summed E-state index contributed by atoms with van der Waals surface area (Å²) in [6.45, 7) is 0.901. The van der Waals surface area contributed by atoms with Crippen molar-refractivity contribution in [2.75, 3.05) is 45.4 Å². The number of nitrogens with one attached hydrogen (secondary N) is 3. The second kappa shape index (κ2) is 14.5. The predicted molar refractivity (Wildman–Crippen MR) is 169 cm³/mol. The second-order valence-corrected chi connectivity index (χ2v) is 10.3. The summed E-state index contributed by atoms with van der Waals surface area (Å²) in [5.74, 6) is 0.0909. The van der Waals surface area contributed by atoms with E-state index in [1.165, 1.54) is 6.08 Å². The van der Waals surface area contributed by atoms with Crippen LogP contribution in [0.4, 0.5) is 17.2 Å². The molecule has 2 heterocycles. The molecule has 0 bridgehead atoms. The van der Waals surface area contributed by atoms with Gasteiger partial charge in [0.2, 0.25) is 5.91 Å². The lowest BCUT2D eigenvalue weighted by Gasteiger charge is -2.11. The molecule has 3 amide bonds. The van der Waals surface area contributed by atoms with E-state index in [4.69, 9.17) is 0 Å². The van der Waals surface area contributed by atoms with E-state index in [1.807, 2.05) is 67.5 Å². The van der Waals surface area contributed by atoms with Gasteiger partial charge in [0.25, 0.3) is 11.8 Å². The van der Waals surface area contributed by atoms with Crippen molar-refractivity contribution < 1.29 is 14.4 Å². The Balaban J connectivity index is 1.28. The molecule has 0 fully saturated rings. The smallest absolute Gasteiger partial charge is 0.253 e. The Morgan fingerprint density at radius 1 is 0.791 bits per heavy atom. The molecular weight excluding hydrogens is 542 g/mol. The topological polar surface area (TPSA) is 120 Å². The Bertz CT molecular complexity index is 1580.